The van der Waals surface area contributed by atoms with Crippen LogP contribution in [0.25, 0.3) is 0 Å². The SMILES string of the molecule is Cc1cc(C)c(C(C)NC(=O)C2CCCN(S(=O)(=O)c3ccc(Br)cc3)C2)cc1C. The lowest BCUT2D eigenvalue weighted by atomic mass is 9.95. The normalized spacial score (nSPS) is 18.8. The largest absolute Gasteiger partial charge is 0.349 e. The average Bonchev–Trinajstić information content (AvgIpc) is 2.71. The molecule has 162 valence electrons. The fraction of sp³-hybridized carbons (Fsp3) is 0.435. The fourth-order valence-corrected chi connectivity index (χ4v) is 5.78. The Morgan fingerprint density at radius 1 is 1.10 bits per heavy atom. The number of piperidine rings is 1. The van der Waals surface area contributed by atoms with Crippen molar-refractivity contribution in [3.63, 3.8) is 0 Å². The van der Waals surface area contributed by atoms with E-state index in [1.54, 1.807) is 24.3 Å². The number of sulfonamides is 1. The molecule has 3 rings (SSSR count). The van der Waals surface area contributed by atoms with Crippen LogP contribution in [-0.4, -0.2) is 31.7 Å². The van der Waals surface area contributed by atoms with Gasteiger partial charge >= 0.3 is 0 Å². The van der Waals surface area contributed by atoms with Gasteiger partial charge in [0, 0.05) is 17.6 Å². The molecular weight excluding hydrogens is 464 g/mol. The van der Waals surface area contributed by atoms with E-state index < -0.39 is 10.0 Å². The summed E-state index contributed by atoms with van der Waals surface area (Å²) in [4.78, 5) is 13.2. The van der Waals surface area contributed by atoms with Gasteiger partial charge in [-0.15, -0.1) is 0 Å². The molecule has 2 atom stereocenters. The third-order valence-electron chi connectivity index (χ3n) is 5.91. The molecule has 2 aromatic carbocycles. The van der Waals surface area contributed by atoms with E-state index in [-0.39, 0.29) is 29.3 Å². The molecule has 1 saturated heterocycles. The van der Waals surface area contributed by atoms with Crippen LogP contribution in [0.3, 0.4) is 0 Å². The monoisotopic (exact) mass is 492 g/mol. The van der Waals surface area contributed by atoms with Gasteiger partial charge in [0.05, 0.1) is 16.9 Å². The number of nitrogens with zero attached hydrogens (tertiary/aromatic N) is 1. The summed E-state index contributed by atoms with van der Waals surface area (Å²) in [7, 11) is -3.61. The number of benzene rings is 2. The summed E-state index contributed by atoms with van der Waals surface area (Å²) in [6.07, 6.45) is 1.36. The van der Waals surface area contributed by atoms with E-state index in [0.29, 0.717) is 19.4 Å². The number of hydrogen-bond donors (Lipinski definition) is 1. The predicted octanol–water partition coefficient (Wildman–Crippen LogP) is 4.65. The third-order valence-corrected chi connectivity index (χ3v) is 8.32. The first-order chi connectivity index (χ1) is 14.1. The van der Waals surface area contributed by atoms with Crippen molar-refractivity contribution in [2.24, 2.45) is 5.92 Å². The number of rotatable bonds is 5. The van der Waals surface area contributed by atoms with Crippen LogP contribution in [0.2, 0.25) is 0 Å². The zero-order valence-corrected chi connectivity index (χ0v) is 20.3. The minimum absolute atomic E-state index is 0.0872. The maximum atomic E-state index is 13.0. The van der Waals surface area contributed by atoms with Crippen LogP contribution in [0.1, 0.15) is 48.1 Å². The summed E-state index contributed by atoms with van der Waals surface area (Å²) in [5, 5.41) is 3.11. The minimum Gasteiger partial charge on any atom is -0.349 e. The first-order valence-corrected chi connectivity index (χ1v) is 12.5. The second-order valence-electron chi connectivity index (χ2n) is 8.18. The molecule has 1 N–H and O–H groups in total. The van der Waals surface area contributed by atoms with Crippen LogP contribution in [0, 0.1) is 26.7 Å². The van der Waals surface area contributed by atoms with Crippen LogP contribution < -0.4 is 5.32 Å². The molecule has 0 aliphatic carbocycles. The summed E-state index contributed by atoms with van der Waals surface area (Å²) >= 11 is 3.33. The van der Waals surface area contributed by atoms with Gasteiger partial charge < -0.3 is 5.32 Å². The number of hydrogen-bond acceptors (Lipinski definition) is 3. The lowest BCUT2D eigenvalue weighted by Gasteiger charge is -2.32. The van der Waals surface area contributed by atoms with E-state index in [4.69, 9.17) is 0 Å². The van der Waals surface area contributed by atoms with E-state index in [0.717, 1.165) is 15.6 Å². The highest BCUT2D eigenvalue weighted by Gasteiger charge is 2.33. The van der Waals surface area contributed by atoms with E-state index in [1.807, 2.05) is 6.92 Å². The Morgan fingerprint density at radius 2 is 1.73 bits per heavy atom. The Bertz CT molecular complexity index is 1040. The second-order valence-corrected chi connectivity index (χ2v) is 11.0. The molecule has 0 aromatic heterocycles. The van der Waals surface area contributed by atoms with Crippen molar-refractivity contribution in [2.45, 2.75) is 51.5 Å². The molecule has 2 aromatic rings. The summed E-state index contributed by atoms with van der Waals surface area (Å²) < 4.78 is 28.3. The van der Waals surface area contributed by atoms with Gasteiger partial charge in [0.2, 0.25) is 15.9 Å². The first-order valence-electron chi connectivity index (χ1n) is 10.2. The van der Waals surface area contributed by atoms with Crippen LogP contribution in [-0.2, 0) is 14.8 Å². The molecule has 1 aliphatic rings. The Labute approximate surface area is 188 Å². The molecular formula is C23H29BrN2O3S. The number of nitrogens with one attached hydrogen (secondary N) is 1. The lowest BCUT2D eigenvalue weighted by molar-refractivity contribution is -0.126. The van der Waals surface area contributed by atoms with E-state index in [2.05, 4.69) is 54.2 Å². The zero-order valence-electron chi connectivity index (χ0n) is 17.9. The maximum absolute atomic E-state index is 13.0. The average molecular weight is 493 g/mol. The molecule has 0 bridgehead atoms. The molecule has 1 amide bonds. The number of carbonyl (C=O) groups is 1. The van der Waals surface area contributed by atoms with Gasteiger partial charge in [0.15, 0.2) is 0 Å². The van der Waals surface area contributed by atoms with Crippen LogP contribution in [0.15, 0.2) is 45.8 Å². The molecule has 2 unspecified atom stereocenters. The van der Waals surface area contributed by atoms with Gasteiger partial charge in [-0.05, 0) is 87.1 Å². The van der Waals surface area contributed by atoms with Crippen LogP contribution >= 0.6 is 15.9 Å². The van der Waals surface area contributed by atoms with Crippen LogP contribution in [0.5, 0.6) is 0 Å². The quantitative estimate of drug-likeness (QED) is 0.660. The molecule has 1 heterocycles. The molecule has 1 aliphatic heterocycles. The number of halogens is 1. The number of carbonyl (C=O) groups excluding carboxylic acids is 1. The fourth-order valence-electron chi connectivity index (χ4n) is 3.99. The summed E-state index contributed by atoms with van der Waals surface area (Å²) in [6.45, 7) is 8.83. The van der Waals surface area contributed by atoms with Crippen molar-refractivity contribution in [1.82, 2.24) is 9.62 Å². The molecule has 7 heteroatoms. The maximum Gasteiger partial charge on any atom is 0.243 e. The standard InChI is InChI=1S/C23H29BrN2O3S/c1-15-12-17(3)22(13-16(15)2)18(4)25-23(27)19-6-5-11-26(14-19)30(28,29)21-9-7-20(24)8-10-21/h7-10,12-13,18-19H,5-6,11,14H2,1-4H3,(H,25,27). The molecule has 1 fully saturated rings. The topological polar surface area (TPSA) is 66.5 Å². The van der Waals surface area contributed by atoms with Crippen molar-refractivity contribution in [3.05, 3.63) is 63.1 Å². The Morgan fingerprint density at radius 3 is 2.40 bits per heavy atom. The van der Waals surface area contributed by atoms with Gasteiger partial charge in [0.1, 0.15) is 0 Å². The first kappa shape index (κ1) is 23.0. The molecule has 0 radical (unpaired) electrons. The van der Waals surface area contributed by atoms with Crippen molar-refractivity contribution in [1.29, 1.82) is 0 Å². The van der Waals surface area contributed by atoms with Gasteiger partial charge in [-0.25, -0.2) is 8.42 Å². The molecule has 30 heavy (non-hydrogen) atoms. The van der Waals surface area contributed by atoms with Gasteiger partial charge in [-0.1, -0.05) is 28.1 Å². The minimum atomic E-state index is -3.61. The van der Waals surface area contributed by atoms with E-state index >= 15 is 0 Å². The van der Waals surface area contributed by atoms with Crippen molar-refractivity contribution >= 4 is 31.9 Å². The van der Waals surface area contributed by atoms with Crippen LogP contribution in [0.4, 0.5) is 0 Å². The number of aryl methyl sites for hydroxylation is 3. The predicted molar refractivity (Wildman–Crippen MR) is 123 cm³/mol. The smallest absolute Gasteiger partial charge is 0.243 e. The zero-order chi connectivity index (χ0) is 22.1. The van der Waals surface area contributed by atoms with Crippen molar-refractivity contribution in [3.8, 4) is 0 Å². The Balaban J connectivity index is 1.71. The van der Waals surface area contributed by atoms with Crippen molar-refractivity contribution in [2.75, 3.05) is 13.1 Å². The van der Waals surface area contributed by atoms with Gasteiger partial charge in [-0.3, -0.25) is 4.79 Å². The highest BCUT2D eigenvalue weighted by Crippen LogP contribution is 2.26. The highest BCUT2D eigenvalue weighted by molar-refractivity contribution is 9.10. The summed E-state index contributed by atoms with van der Waals surface area (Å²) in [5.74, 6) is -0.436. The Hall–Kier alpha value is -1.70. The van der Waals surface area contributed by atoms with Gasteiger partial charge in [0.25, 0.3) is 0 Å². The van der Waals surface area contributed by atoms with E-state index in [1.165, 1.54) is 15.4 Å². The molecule has 0 saturated carbocycles. The summed E-state index contributed by atoms with van der Waals surface area (Å²) in [6, 6.07) is 10.8. The second kappa shape index (κ2) is 9.20. The van der Waals surface area contributed by atoms with Gasteiger partial charge in [-0.2, -0.15) is 4.31 Å². The number of amides is 1. The molecule has 5 nitrogen and oxygen atoms in total. The third kappa shape index (κ3) is 4.95. The Kier molecular flexibility index (Phi) is 7.05. The highest BCUT2D eigenvalue weighted by atomic mass is 79.9. The molecule has 0 spiro atoms. The lowest BCUT2D eigenvalue weighted by Crippen LogP contribution is -2.45. The van der Waals surface area contributed by atoms with E-state index in [9.17, 15) is 13.2 Å². The summed E-state index contributed by atoms with van der Waals surface area (Å²) in [5.41, 5.74) is 4.67. The van der Waals surface area contributed by atoms with Crippen molar-refractivity contribution < 1.29 is 13.2 Å².